The van der Waals surface area contributed by atoms with Gasteiger partial charge in [-0.25, -0.2) is 4.39 Å². The number of nitrogens with zero attached hydrogens (tertiary/aromatic N) is 3. The standard InChI is InChI=1S/C19H17FN4O3S/c1-12-18(25)24(19(28)23-22-12)21-10-13-7-8-16(17(9-13)26-2)27-11-14-5-3-4-6-15(14)20/h3-10H,11H2,1-2H3,(H,23,28)/b21-10+. The van der Waals surface area contributed by atoms with Gasteiger partial charge in [0.2, 0.25) is 4.77 Å². The van der Waals surface area contributed by atoms with Crippen molar-refractivity contribution in [3.8, 4) is 11.5 Å². The molecule has 1 heterocycles. The fraction of sp³-hybridized carbons (Fsp3) is 0.158. The molecule has 0 aliphatic rings. The average molecular weight is 400 g/mol. The van der Waals surface area contributed by atoms with Crippen molar-refractivity contribution in [1.29, 1.82) is 0 Å². The number of hydrogen-bond acceptors (Lipinski definition) is 6. The molecule has 0 saturated carbocycles. The van der Waals surface area contributed by atoms with Crippen molar-refractivity contribution < 1.29 is 13.9 Å². The second-order valence-corrected chi connectivity index (χ2v) is 6.15. The van der Waals surface area contributed by atoms with Crippen LogP contribution in [-0.2, 0) is 6.61 Å². The Morgan fingerprint density at radius 1 is 1.29 bits per heavy atom. The number of methoxy groups -OCH3 is 1. The molecule has 1 N–H and O–H groups in total. The Morgan fingerprint density at radius 3 is 2.82 bits per heavy atom. The molecule has 0 aliphatic carbocycles. The SMILES string of the molecule is COc1cc(/C=N/n2c(=S)[nH]nc(C)c2=O)ccc1OCc1ccccc1F. The molecule has 0 radical (unpaired) electrons. The largest absolute Gasteiger partial charge is 0.493 e. The van der Waals surface area contributed by atoms with Gasteiger partial charge in [-0.1, -0.05) is 18.2 Å². The van der Waals surface area contributed by atoms with Gasteiger partial charge in [0.05, 0.1) is 13.3 Å². The zero-order valence-corrected chi connectivity index (χ0v) is 16.0. The maximum atomic E-state index is 13.7. The number of H-pyrrole nitrogens is 1. The van der Waals surface area contributed by atoms with Crippen molar-refractivity contribution in [2.24, 2.45) is 5.10 Å². The van der Waals surface area contributed by atoms with Gasteiger partial charge in [-0.15, -0.1) is 0 Å². The molecule has 0 atom stereocenters. The van der Waals surface area contributed by atoms with Crippen LogP contribution < -0.4 is 15.0 Å². The minimum absolute atomic E-state index is 0.0668. The van der Waals surface area contributed by atoms with E-state index < -0.39 is 5.56 Å². The van der Waals surface area contributed by atoms with E-state index in [2.05, 4.69) is 15.3 Å². The molecule has 9 heteroatoms. The number of rotatable bonds is 6. The van der Waals surface area contributed by atoms with Crippen LogP contribution in [0.4, 0.5) is 4.39 Å². The number of benzene rings is 2. The van der Waals surface area contributed by atoms with Crippen LogP contribution >= 0.6 is 12.2 Å². The van der Waals surface area contributed by atoms with Crippen LogP contribution in [0.2, 0.25) is 0 Å². The Balaban J connectivity index is 1.82. The lowest BCUT2D eigenvalue weighted by molar-refractivity contribution is 0.279. The molecule has 3 rings (SSSR count). The van der Waals surface area contributed by atoms with Crippen molar-refractivity contribution >= 4 is 18.4 Å². The molecule has 1 aromatic heterocycles. The van der Waals surface area contributed by atoms with E-state index in [4.69, 9.17) is 21.7 Å². The minimum Gasteiger partial charge on any atom is -0.493 e. The lowest BCUT2D eigenvalue weighted by Gasteiger charge is -2.11. The third kappa shape index (κ3) is 4.32. The highest BCUT2D eigenvalue weighted by Crippen LogP contribution is 2.28. The predicted molar refractivity (Wildman–Crippen MR) is 105 cm³/mol. The molecule has 3 aromatic rings. The molecule has 0 saturated heterocycles. The Morgan fingerprint density at radius 2 is 2.07 bits per heavy atom. The summed E-state index contributed by atoms with van der Waals surface area (Å²) < 4.78 is 25.9. The van der Waals surface area contributed by atoms with Crippen LogP contribution in [-0.4, -0.2) is 28.2 Å². The summed E-state index contributed by atoms with van der Waals surface area (Å²) in [6.45, 7) is 1.63. The van der Waals surface area contributed by atoms with Crippen LogP contribution in [0.15, 0.2) is 52.4 Å². The van der Waals surface area contributed by atoms with Crippen LogP contribution in [0, 0.1) is 17.5 Å². The summed E-state index contributed by atoms with van der Waals surface area (Å²) in [6, 6.07) is 11.5. The highest BCUT2D eigenvalue weighted by Gasteiger charge is 2.08. The summed E-state index contributed by atoms with van der Waals surface area (Å²) in [6.07, 6.45) is 1.47. The Hall–Kier alpha value is -3.33. The smallest absolute Gasteiger partial charge is 0.296 e. The number of ether oxygens (including phenoxy) is 2. The van der Waals surface area contributed by atoms with E-state index in [-0.39, 0.29) is 22.9 Å². The van der Waals surface area contributed by atoms with Crippen molar-refractivity contribution in [3.63, 3.8) is 0 Å². The van der Waals surface area contributed by atoms with E-state index in [1.807, 2.05) is 0 Å². The summed E-state index contributed by atoms with van der Waals surface area (Å²) in [7, 11) is 1.50. The maximum Gasteiger partial charge on any atom is 0.296 e. The van der Waals surface area contributed by atoms with E-state index >= 15 is 0 Å². The average Bonchev–Trinajstić information content (AvgIpc) is 2.70. The molecule has 0 unspecified atom stereocenters. The van der Waals surface area contributed by atoms with Gasteiger partial charge >= 0.3 is 0 Å². The van der Waals surface area contributed by atoms with Gasteiger partial charge < -0.3 is 9.47 Å². The maximum absolute atomic E-state index is 13.7. The lowest BCUT2D eigenvalue weighted by atomic mass is 10.2. The third-order valence-electron chi connectivity index (χ3n) is 3.86. The molecule has 0 amide bonds. The van der Waals surface area contributed by atoms with Crippen molar-refractivity contribution in [2.75, 3.05) is 7.11 Å². The molecule has 144 valence electrons. The summed E-state index contributed by atoms with van der Waals surface area (Å²) >= 11 is 5.03. The number of aromatic amines is 1. The van der Waals surface area contributed by atoms with Gasteiger partial charge in [-0.3, -0.25) is 9.89 Å². The van der Waals surface area contributed by atoms with Crippen molar-refractivity contribution in [1.82, 2.24) is 14.9 Å². The quantitative estimate of drug-likeness (QED) is 0.508. The number of aryl methyl sites for hydroxylation is 1. The number of nitrogens with one attached hydrogen (secondary N) is 1. The van der Waals surface area contributed by atoms with Gasteiger partial charge in [0.15, 0.2) is 11.5 Å². The van der Waals surface area contributed by atoms with E-state index in [1.165, 1.54) is 19.4 Å². The fourth-order valence-corrected chi connectivity index (χ4v) is 2.53. The van der Waals surface area contributed by atoms with Crippen molar-refractivity contribution in [2.45, 2.75) is 13.5 Å². The Labute approximate surface area is 165 Å². The summed E-state index contributed by atoms with van der Waals surface area (Å²) in [5, 5.41) is 10.4. The first kappa shape index (κ1) is 19.4. The van der Waals surface area contributed by atoms with Crippen LogP contribution in [0.3, 0.4) is 0 Å². The third-order valence-corrected chi connectivity index (χ3v) is 4.13. The summed E-state index contributed by atoms with van der Waals surface area (Å²) in [5.74, 6) is 0.570. The van der Waals surface area contributed by atoms with E-state index in [0.29, 0.717) is 22.6 Å². The predicted octanol–water partition coefficient (Wildman–Crippen LogP) is 3.22. The second-order valence-electron chi connectivity index (χ2n) is 5.77. The monoisotopic (exact) mass is 400 g/mol. The zero-order valence-electron chi connectivity index (χ0n) is 15.2. The molecule has 0 fully saturated rings. The second kappa shape index (κ2) is 8.57. The van der Waals surface area contributed by atoms with E-state index in [1.54, 1.807) is 43.3 Å². The zero-order chi connectivity index (χ0) is 20.1. The number of aromatic nitrogens is 3. The molecule has 7 nitrogen and oxygen atoms in total. The first-order valence-corrected chi connectivity index (χ1v) is 8.67. The minimum atomic E-state index is -0.406. The highest BCUT2D eigenvalue weighted by molar-refractivity contribution is 7.71. The summed E-state index contributed by atoms with van der Waals surface area (Å²) in [4.78, 5) is 12.1. The van der Waals surface area contributed by atoms with Gasteiger partial charge in [-0.2, -0.15) is 14.9 Å². The number of hydrogen-bond donors (Lipinski definition) is 1. The summed E-state index contributed by atoms with van der Waals surface area (Å²) in [5.41, 5.74) is 0.944. The van der Waals surface area contributed by atoms with Gasteiger partial charge in [0.25, 0.3) is 5.56 Å². The van der Waals surface area contributed by atoms with Crippen LogP contribution in [0.25, 0.3) is 0 Å². The molecular formula is C19H17FN4O3S. The Bertz CT molecular complexity index is 1140. The first-order chi connectivity index (χ1) is 13.5. The molecule has 0 spiro atoms. The molecule has 28 heavy (non-hydrogen) atoms. The van der Waals surface area contributed by atoms with Gasteiger partial charge in [-0.05, 0) is 49.0 Å². The first-order valence-electron chi connectivity index (χ1n) is 8.26. The topological polar surface area (TPSA) is 81.5 Å². The van der Waals surface area contributed by atoms with Crippen LogP contribution in [0.1, 0.15) is 16.8 Å². The fourth-order valence-electron chi connectivity index (χ4n) is 2.36. The van der Waals surface area contributed by atoms with Gasteiger partial charge in [0, 0.05) is 5.56 Å². The molecule has 0 aliphatic heterocycles. The number of halogens is 1. The highest BCUT2D eigenvalue weighted by atomic mass is 32.1. The van der Waals surface area contributed by atoms with E-state index in [0.717, 1.165) is 4.68 Å². The van der Waals surface area contributed by atoms with Crippen molar-refractivity contribution in [3.05, 3.63) is 80.2 Å². The molecule has 2 aromatic carbocycles. The van der Waals surface area contributed by atoms with Gasteiger partial charge in [0.1, 0.15) is 18.1 Å². The molecule has 0 bridgehead atoms. The van der Waals surface area contributed by atoms with E-state index in [9.17, 15) is 9.18 Å². The molecular weight excluding hydrogens is 383 g/mol. The lowest BCUT2D eigenvalue weighted by Crippen LogP contribution is -2.22. The Kier molecular flexibility index (Phi) is 5.95. The van der Waals surface area contributed by atoms with Crippen LogP contribution in [0.5, 0.6) is 11.5 Å². The normalized spacial score (nSPS) is 11.0.